The minimum absolute atomic E-state index is 0.226. The van der Waals surface area contributed by atoms with E-state index in [0.29, 0.717) is 18.7 Å². The second kappa shape index (κ2) is 10.3. The Balaban J connectivity index is 1.38. The minimum Gasteiger partial charge on any atom is -0.494 e. The number of anilines is 2. The van der Waals surface area contributed by atoms with Gasteiger partial charge in [0.25, 0.3) is 5.91 Å². The second-order valence-electron chi connectivity index (χ2n) is 9.03. The number of amides is 2. The van der Waals surface area contributed by atoms with Crippen LogP contribution < -0.4 is 14.7 Å². The van der Waals surface area contributed by atoms with Gasteiger partial charge in [-0.3, -0.25) is 14.4 Å². The van der Waals surface area contributed by atoms with E-state index in [1.54, 1.807) is 17.2 Å². The van der Waals surface area contributed by atoms with Crippen LogP contribution in [0.5, 0.6) is 5.75 Å². The Labute approximate surface area is 206 Å². The van der Waals surface area contributed by atoms with Crippen molar-refractivity contribution in [3.63, 3.8) is 0 Å². The van der Waals surface area contributed by atoms with Gasteiger partial charge in [0.15, 0.2) is 6.10 Å². The summed E-state index contributed by atoms with van der Waals surface area (Å²) in [5.41, 5.74) is 2.47. The van der Waals surface area contributed by atoms with Gasteiger partial charge < -0.3 is 4.74 Å². The zero-order valence-electron chi connectivity index (χ0n) is 19.9. The molecule has 0 unspecified atom stereocenters. The number of carbonyl (C=O) groups excluding carboxylic acids is 2. The lowest BCUT2D eigenvalue weighted by Crippen LogP contribution is -2.41. The summed E-state index contributed by atoms with van der Waals surface area (Å²) in [5.74, 6) is -0.408. The van der Waals surface area contributed by atoms with E-state index in [-0.39, 0.29) is 17.9 Å². The van der Waals surface area contributed by atoms with Gasteiger partial charge >= 0.3 is 0 Å². The zero-order valence-corrected chi connectivity index (χ0v) is 19.9. The first-order valence-corrected chi connectivity index (χ1v) is 12.3. The maximum absolute atomic E-state index is 13.7. The topological polar surface area (TPSA) is 59.1 Å². The van der Waals surface area contributed by atoms with Gasteiger partial charge in [-0.05, 0) is 54.8 Å². The maximum atomic E-state index is 13.7. The molecule has 6 nitrogen and oxygen atoms in total. The lowest BCUT2D eigenvalue weighted by Gasteiger charge is -2.28. The van der Waals surface area contributed by atoms with E-state index in [1.165, 1.54) is 4.90 Å². The molecule has 5 rings (SSSR count). The molecule has 2 heterocycles. The summed E-state index contributed by atoms with van der Waals surface area (Å²) in [4.78, 5) is 34.6. The van der Waals surface area contributed by atoms with Crippen LogP contribution in [0.15, 0.2) is 84.9 Å². The van der Waals surface area contributed by atoms with Gasteiger partial charge in [0.1, 0.15) is 11.7 Å². The van der Waals surface area contributed by atoms with E-state index in [1.807, 2.05) is 72.8 Å². The smallest absolute Gasteiger partial charge is 0.266 e. The molecule has 2 fully saturated rings. The van der Waals surface area contributed by atoms with Crippen LogP contribution in [-0.2, 0) is 20.8 Å². The molecule has 2 amide bonds. The number of carbonyl (C=O) groups is 2. The van der Waals surface area contributed by atoms with E-state index in [9.17, 15) is 9.59 Å². The summed E-state index contributed by atoms with van der Waals surface area (Å²) in [5, 5.41) is 1.75. The van der Waals surface area contributed by atoms with E-state index < -0.39 is 12.0 Å². The predicted molar refractivity (Wildman–Crippen MR) is 135 cm³/mol. The number of hydrogen-bond acceptors (Lipinski definition) is 5. The molecule has 3 aromatic carbocycles. The Hall–Kier alpha value is -3.64. The van der Waals surface area contributed by atoms with Crippen molar-refractivity contribution in [2.75, 3.05) is 16.6 Å². The Morgan fingerprint density at radius 2 is 1.49 bits per heavy atom. The molecule has 0 aromatic heterocycles. The molecule has 6 heteroatoms. The molecule has 0 aliphatic carbocycles. The minimum atomic E-state index is -0.846. The largest absolute Gasteiger partial charge is 0.494 e. The van der Waals surface area contributed by atoms with Crippen molar-refractivity contribution < 1.29 is 19.2 Å². The van der Waals surface area contributed by atoms with Crippen molar-refractivity contribution in [1.82, 2.24) is 0 Å². The molecule has 2 aliphatic heterocycles. The predicted octanol–water partition coefficient (Wildman–Crippen LogP) is 5.18. The van der Waals surface area contributed by atoms with Crippen LogP contribution in [0.4, 0.5) is 11.4 Å². The molecule has 0 N–H and O–H groups in total. The van der Waals surface area contributed by atoms with Gasteiger partial charge in [-0.15, -0.1) is 0 Å². The second-order valence-corrected chi connectivity index (χ2v) is 9.03. The average molecular weight is 471 g/mol. The molecule has 180 valence electrons. The van der Waals surface area contributed by atoms with Gasteiger partial charge in [0, 0.05) is 0 Å². The first-order chi connectivity index (χ1) is 17.2. The summed E-state index contributed by atoms with van der Waals surface area (Å²) < 4.78 is 5.78. The van der Waals surface area contributed by atoms with Crippen LogP contribution in [0.2, 0.25) is 0 Å². The van der Waals surface area contributed by atoms with Crippen LogP contribution in [0, 0.1) is 5.92 Å². The summed E-state index contributed by atoms with van der Waals surface area (Å²) in [6.45, 7) is 2.81. The first kappa shape index (κ1) is 23.1. The molecule has 2 aliphatic rings. The van der Waals surface area contributed by atoms with Gasteiger partial charge in [-0.2, -0.15) is 0 Å². The molecule has 0 spiro atoms. The normalized spacial score (nSPS) is 21.5. The van der Waals surface area contributed by atoms with Crippen molar-refractivity contribution in [2.24, 2.45) is 5.92 Å². The Bertz CT molecular complexity index is 1150. The van der Waals surface area contributed by atoms with Gasteiger partial charge in [0.2, 0.25) is 5.91 Å². The summed E-state index contributed by atoms with van der Waals surface area (Å²) in [6, 6.07) is 26.5. The van der Waals surface area contributed by atoms with Crippen molar-refractivity contribution in [1.29, 1.82) is 0 Å². The van der Waals surface area contributed by atoms with Crippen LogP contribution >= 0.6 is 0 Å². The monoisotopic (exact) mass is 470 g/mol. The number of unbranched alkanes of at least 4 members (excludes halogenated alkanes) is 2. The fourth-order valence-corrected chi connectivity index (χ4v) is 4.87. The third kappa shape index (κ3) is 4.66. The average Bonchev–Trinajstić information content (AvgIpc) is 3.38. The molecule has 0 bridgehead atoms. The molecule has 3 aromatic rings. The van der Waals surface area contributed by atoms with Gasteiger partial charge in [0.05, 0.1) is 24.0 Å². The SMILES string of the molecule is CCCCCOc1ccc(N2C(=O)[C@@H]3[C@@H](ON(c4ccccc4)[C@H]3Cc3ccccc3)C2=O)cc1. The quantitative estimate of drug-likeness (QED) is 0.319. The Kier molecular flexibility index (Phi) is 6.82. The fraction of sp³-hybridized carbons (Fsp3) is 0.310. The number of benzene rings is 3. The maximum Gasteiger partial charge on any atom is 0.266 e. The molecule has 0 saturated carbocycles. The lowest BCUT2D eigenvalue weighted by atomic mass is 9.91. The van der Waals surface area contributed by atoms with Crippen molar-refractivity contribution >= 4 is 23.2 Å². The molecule has 3 atom stereocenters. The van der Waals surface area contributed by atoms with Gasteiger partial charge in [-0.1, -0.05) is 68.3 Å². The molecular formula is C29H30N2O4. The van der Waals surface area contributed by atoms with Crippen LogP contribution in [0.3, 0.4) is 0 Å². The number of nitrogens with zero attached hydrogens (tertiary/aromatic N) is 2. The first-order valence-electron chi connectivity index (χ1n) is 12.3. The van der Waals surface area contributed by atoms with E-state index in [2.05, 4.69) is 6.92 Å². The number of para-hydroxylation sites is 1. The molecule has 2 saturated heterocycles. The molecule has 35 heavy (non-hydrogen) atoms. The highest BCUT2D eigenvalue weighted by Crippen LogP contribution is 2.41. The number of rotatable bonds is 9. The van der Waals surface area contributed by atoms with E-state index in [4.69, 9.17) is 9.57 Å². The molecular weight excluding hydrogens is 440 g/mol. The zero-order chi connectivity index (χ0) is 24.2. The fourth-order valence-electron chi connectivity index (χ4n) is 4.87. The lowest BCUT2D eigenvalue weighted by molar-refractivity contribution is -0.126. The van der Waals surface area contributed by atoms with Gasteiger partial charge in [-0.25, -0.2) is 9.96 Å². The Morgan fingerprint density at radius 3 is 2.17 bits per heavy atom. The Morgan fingerprint density at radius 1 is 0.800 bits per heavy atom. The number of hydrogen-bond donors (Lipinski definition) is 0. The standard InChI is InChI=1S/C29H30N2O4/c1-2-3-10-19-34-24-17-15-22(16-18-24)30-28(32)26-25(20-21-11-6-4-7-12-21)31(35-27(26)29(30)33)23-13-8-5-9-14-23/h4-9,11-18,25-27H,2-3,10,19-20H2,1H3/t25-,26-,27+/m0/s1. The van der Waals surface area contributed by atoms with Crippen molar-refractivity contribution in [2.45, 2.75) is 44.8 Å². The summed E-state index contributed by atoms with van der Waals surface area (Å²) in [7, 11) is 0. The number of fused-ring (bicyclic) bond motifs is 1. The molecule has 0 radical (unpaired) electrons. The van der Waals surface area contributed by atoms with E-state index >= 15 is 0 Å². The highest BCUT2D eigenvalue weighted by molar-refractivity contribution is 6.23. The van der Waals surface area contributed by atoms with Crippen molar-refractivity contribution in [3.05, 3.63) is 90.5 Å². The van der Waals surface area contributed by atoms with Crippen LogP contribution in [-0.4, -0.2) is 30.6 Å². The van der Waals surface area contributed by atoms with Crippen LogP contribution in [0.1, 0.15) is 31.7 Å². The van der Waals surface area contributed by atoms with Crippen LogP contribution in [0.25, 0.3) is 0 Å². The van der Waals surface area contributed by atoms with Crippen molar-refractivity contribution in [3.8, 4) is 5.75 Å². The number of ether oxygens (including phenoxy) is 1. The summed E-state index contributed by atoms with van der Waals surface area (Å²) in [6.07, 6.45) is 3.01. The highest BCUT2D eigenvalue weighted by Gasteiger charge is 2.59. The third-order valence-corrected chi connectivity index (χ3v) is 6.65. The number of imide groups is 1. The summed E-state index contributed by atoms with van der Waals surface area (Å²) >= 11 is 0. The highest BCUT2D eigenvalue weighted by atomic mass is 16.7. The third-order valence-electron chi connectivity index (χ3n) is 6.65. The van der Waals surface area contributed by atoms with E-state index in [0.717, 1.165) is 36.3 Å². The number of hydroxylamine groups is 1.